The number of hydrazine groups is 1. The van der Waals surface area contributed by atoms with Crippen LogP contribution >= 0.6 is 15.9 Å². The Kier molecular flexibility index (Phi) is 2.23. The summed E-state index contributed by atoms with van der Waals surface area (Å²) >= 11 is 3.53. The third-order valence-electron chi connectivity index (χ3n) is 3.41. The molecular weight excluding hydrogens is 254 g/mol. The SMILES string of the molecule is CC1NNC2c3cc(Br)ccc3NCC12. The lowest BCUT2D eigenvalue weighted by Crippen LogP contribution is -2.31. The molecule has 0 amide bonds. The minimum absolute atomic E-state index is 0.439. The fourth-order valence-corrected chi connectivity index (χ4v) is 2.89. The lowest BCUT2D eigenvalue weighted by molar-refractivity contribution is 0.444. The minimum atomic E-state index is 0.439. The van der Waals surface area contributed by atoms with Gasteiger partial charge in [0.15, 0.2) is 0 Å². The van der Waals surface area contributed by atoms with Crippen molar-refractivity contribution >= 4 is 21.6 Å². The van der Waals surface area contributed by atoms with E-state index in [4.69, 9.17) is 0 Å². The zero-order valence-corrected chi connectivity index (χ0v) is 10.1. The molecule has 2 aliphatic rings. The first-order valence-electron chi connectivity index (χ1n) is 5.30. The van der Waals surface area contributed by atoms with E-state index < -0.39 is 0 Å². The highest BCUT2D eigenvalue weighted by atomic mass is 79.9. The third kappa shape index (κ3) is 1.48. The molecule has 3 nitrogen and oxygen atoms in total. The number of hydrogen-bond acceptors (Lipinski definition) is 3. The normalized spacial score (nSPS) is 33.1. The highest BCUT2D eigenvalue weighted by Crippen LogP contribution is 2.38. The van der Waals surface area contributed by atoms with Crippen LogP contribution in [0.1, 0.15) is 18.5 Å². The predicted octanol–water partition coefficient (Wildman–Crippen LogP) is 2.03. The van der Waals surface area contributed by atoms with Gasteiger partial charge < -0.3 is 5.32 Å². The fraction of sp³-hybridized carbons (Fsp3) is 0.455. The summed E-state index contributed by atoms with van der Waals surface area (Å²) in [5.74, 6) is 0.631. The van der Waals surface area contributed by atoms with Crippen molar-refractivity contribution in [2.24, 2.45) is 5.92 Å². The second-order valence-corrected chi connectivity index (χ2v) is 5.25. The largest absolute Gasteiger partial charge is 0.384 e. The Hall–Kier alpha value is -0.580. The molecule has 3 N–H and O–H groups in total. The van der Waals surface area contributed by atoms with Gasteiger partial charge in [0.05, 0.1) is 6.04 Å². The van der Waals surface area contributed by atoms with Crippen LogP contribution in [0.4, 0.5) is 5.69 Å². The van der Waals surface area contributed by atoms with E-state index in [0.717, 1.165) is 11.0 Å². The number of hydrogen-bond donors (Lipinski definition) is 3. The van der Waals surface area contributed by atoms with Gasteiger partial charge in [-0.3, -0.25) is 5.43 Å². The van der Waals surface area contributed by atoms with Crippen LogP contribution in [0.5, 0.6) is 0 Å². The molecule has 1 fully saturated rings. The molecule has 3 unspecified atom stereocenters. The van der Waals surface area contributed by atoms with E-state index in [-0.39, 0.29) is 0 Å². The van der Waals surface area contributed by atoms with Crippen molar-refractivity contribution < 1.29 is 0 Å². The summed E-state index contributed by atoms with van der Waals surface area (Å²) in [7, 11) is 0. The van der Waals surface area contributed by atoms with Crippen molar-refractivity contribution in [1.29, 1.82) is 0 Å². The number of fused-ring (bicyclic) bond motifs is 3. The first kappa shape index (κ1) is 9.63. The van der Waals surface area contributed by atoms with E-state index in [0.29, 0.717) is 18.0 Å². The molecule has 1 aromatic carbocycles. The van der Waals surface area contributed by atoms with Crippen LogP contribution in [0.25, 0.3) is 0 Å². The Morgan fingerprint density at radius 2 is 2.20 bits per heavy atom. The van der Waals surface area contributed by atoms with Crippen molar-refractivity contribution in [2.75, 3.05) is 11.9 Å². The van der Waals surface area contributed by atoms with E-state index >= 15 is 0 Å². The van der Waals surface area contributed by atoms with Crippen molar-refractivity contribution in [3.63, 3.8) is 0 Å². The first-order chi connectivity index (χ1) is 7.25. The highest BCUT2D eigenvalue weighted by Gasteiger charge is 2.37. The van der Waals surface area contributed by atoms with Crippen LogP contribution in [-0.4, -0.2) is 12.6 Å². The molecule has 0 spiro atoms. The molecule has 15 heavy (non-hydrogen) atoms. The lowest BCUT2D eigenvalue weighted by atomic mass is 9.86. The fourth-order valence-electron chi connectivity index (χ4n) is 2.51. The molecule has 0 aromatic heterocycles. The molecule has 2 heterocycles. The van der Waals surface area contributed by atoms with E-state index in [2.05, 4.69) is 57.2 Å². The maximum absolute atomic E-state index is 3.53. The Morgan fingerprint density at radius 1 is 1.33 bits per heavy atom. The summed E-state index contributed by atoms with van der Waals surface area (Å²) < 4.78 is 1.14. The van der Waals surface area contributed by atoms with E-state index in [9.17, 15) is 0 Å². The van der Waals surface area contributed by atoms with Gasteiger partial charge in [-0.2, -0.15) is 0 Å². The third-order valence-corrected chi connectivity index (χ3v) is 3.91. The van der Waals surface area contributed by atoms with Crippen LogP contribution in [0.3, 0.4) is 0 Å². The lowest BCUT2D eigenvalue weighted by Gasteiger charge is -2.30. The Balaban J connectivity index is 2.04. The van der Waals surface area contributed by atoms with Gasteiger partial charge in [-0.15, -0.1) is 0 Å². The summed E-state index contributed by atoms with van der Waals surface area (Å²) in [5, 5.41) is 3.49. The molecule has 4 heteroatoms. The summed E-state index contributed by atoms with van der Waals surface area (Å²) in [6.07, 6.45) is 0. The number of halogens is 1. The zero-order valence-electron chi connectivity index (χ0n) is 8.55. The molecule has 0 aliphatic carbocycles. The van der Waals surface area contributed by atoms with E-state index in [1.165, 1.54) is 11.3 Å². The first-order valence-corrected chi connectivity index (χ1v) is 6.09. The smallest absolute Gasteiger partial charge is 0.0543 e. The van der Waals surface area contributed by atoms with Crippen LogP contribution in [-0.2, 0) is 0 Å². The highest BCUT2D eigenvalue weighted by molar-refractivity contribution is 9.10. The molecular formula is C11H14BrN3. The van der Waals surface area contributed by atoms with Gasteiger partial charge in [0.25, 0.3) is 0 Å². The average molecular weight is 268 g/mol. The minimum Gasteiger partial charge on any atom is -0.384 e. The van der Waals surface area contributed by atoms with Gasteiger partial charge in [0.1, 0.15) is 0 Å². The van der Waals surface area contributed by atoms with Gasteiger partial charge in [-0.1, -0.05) is 15.9 Å². The van der Waals surface area contributed by atoms with Gasteiger partial charge in [-0.25, -0.2) is 5.43 Å². The number of nitrogens with one attached hydrogen (secondary N) is 3. The van der Waals surface area contributed by atoms with Crippen LogP contribution in [0.2, 0.25) is 0 Å². The monoisotopic (exact) mass is 267 g/mol. The molecule has 1 aromatic rings. The molecule has 3 atom stereocenters. The second kappa shape index (κ2) is 3.47. The van der Waals surface area contributed by atoms with Crippen LogP contribution in [0, 0.1) is 5.92 Å². The van der Waals surface area contributed by atoms with E-state index in [1.807, 2.05) is 0 Å². The standard InChI is InChI=1S/C11H14BrN3/c1-6-9-5-13-10-3-2-7(12)4-8(10)11(9)15-14-6/h2-4,6,9,11,13-15H,5H2,1H3. The summed E-state index contributed by atoms with van der Waals surface area (Å²) in [6, 6.07) is 7.38. The molecule has 3 rings (SSSR count). The molecule has 0 saturated carbocycles. The number of anilines is 1. The average Bonchev–Trinajstić information content (AvgIpc) is 2.61. The van der Waals surface area contributed by atoms with Crippen molar-refractivity contribution in [2.45, 2.75) is 19.0 Å². The van der Waals surface area contributed by atoms with Gasteiger partial charge in [0.2, 0.25) is 0 Å². The topological polar surface area (TPSA) is 36.1 Å². The summed E-state index contributed by atoms with van der Waals surface area (Å²) in [5.41, 5.74) is 9.31. The molecule has 0 bridgehead atoms. The molecule has 1 saturated heterocycles. The Morgan fingerprint density at radius 3 is 3.07 bits per heavy atom. The zero-order chi connectivity index (χ0) is 10.4. The summed E-state index contributed by atoms with van der Waals surface area (Å²) in [6.45, 7) is 3.27. The van der Waals surface area contributed by atoms with Crippen LogP contribution < -0.4 is 16.2 Å². The van der Waals surface area contributed by atoms with Crippen LogP contribution in [0.15, 0.2) is 22.7 Å². The van der Waals surface area contributed by atoms with Crippen molar-refractivity contribution in [3.8, 4) is 0 Å². The Labute approximate surface area is 97.7 Å². The second-order valence-electron chi connectivity index (χ2n) is 4.33. The van der Waals surface area contributed by atoms with Crippen molar-refractivity contribution in [3.05, 3.63) is 28.2 Å². The number of rotatable bonds is 0. The van der Waals surface area contributed by atoms with Gasteiger partial charge in [0, 0.05) is 28.7 Å². The van der Waals surface area contributed by atoms with Gasteiger partial charge in [-0.05, 0) is 30.7 Å². The van der Waals surface area contributed by atoms with E-state index in [1.54, 1.807) is 0 Å². The maximum atomic E-state index is 3.53. The van der Waals surface area contributed by atoms with Crippen molar-refractivity contribution in [1.82, 2.24) is 10.9 Å². The number of benzene rings is 1. The van der Waals surface area contributed by atoms with Gasteiger partial charge >= 0.3 is 0 Å². The molecule has 80 valence electrons. The summed E-state index contributed by atoms with van der Waals surface area (Å²) in [4.78, 5) is 0. The maximum Gasteiger partial charge on any atom is 0.0543 e. The predicted molar refractivity (Wildman–Crippen MR) is 64.6 cm³/mol. The molecule has 0 radical (unpaired) electrons. The molecule has 2 aliphatic heterocycles. The quantitative estimate of drug-likeness (QED) is 0.673. The Bertz CT molecular complexity index is 393.